The van der Waals surface area contributed by atoms with Crippen LogP contribution in [0.4, 0.5) is 10.5 Å². The van der Waals surface area contributed by atoms with Gasteiger partial charge in [0.1, 0.15) is 11.6 Å². The van der Waals surface area contributed by atoms with Crippen molar-refractivity contribution in [2.75, 3.05) is 25.1 Å². The van der Waals surface area contributed by atoms with Crippen molar-refractivity contribution in [2.45, 2.75) is 65.8 Å². The zero-order valence-corrected chi connectivity index (χ0v) is 24.2. The third-order valence-corrected chi connectivity index (χ3v) is 6.43. The zero-order chi connectivity index (χ0) is 26.3. The molecule has 0 saturated carbocycles. The summed E-state index contributed by atoms with van der Waals surface area (Å²) in [6, 6.07) is 9.10. The van der Waals surface area contributed by atoms with Crippen LogP contribution < -0.4 is 4.90 Å². The Morgan fingerprint density at radius 3 is 2.08 bits per heavy atom. The van der Waals surface area contributed by atoms with E-state index >= 15 is 0 Å². The molecule has 0 atom stereocenters. The number of hydrogen-bond acceptors (Lipinski definition) is 5. The Hall–Kier alpha value is -2.87. The molecule has 3 rings (SSSR count). The first kappa shape index (κ1) is 29.4. The highest BCUT2D eigenvalue weighted by atomic mass is 79.9. The number of phenolic OH excluding ortho intramolecular Hbond substituents is 1. The molecule has 0 aliphatic carbocycles. The molecule has 0 fully saturated rings. The van der Waals surface area contributed by atoms with Crippen molar-refractivity contribution >= 4 is 40.4 Å². The van der Waals surface area contributed by atoms with E-state index in [0.717, 1.165) is 16.7 Å². The normalized spacial score (nSPS) is 13.2. The number of rotatable bonds is 5. The number of aromatic hydroxyl groups is 1. The number of halogens is 1. The first-order chi connectivity index (χ1) is 16.2. The number of carbonyl (C=O) groups is 2. The molecular weight excluding hydrogens is 522 g/mol. The number of amides is 1. The first-order valence-electron chi connectivity index (χ1n) is 11.9. The van der Waals surface area contributed by atoms with Crippen molar-refractivity contribution < 1.29 is 19.4 Å². The zero-order valence-electron chi connectivity index (χ0n) is 22.5. The minimum Gasteiger partial charge on any atom is -0.507 e. The van der Waals surface area contributed by atoms with E-state index in [9.17, 15) is 14.7 Å². The minimum atomic E-state index is -0.458. The number of ether oxygens (including phenoxy) is 1. The molecule has 36 heavy (non-hydrogen) atoms. The van der Waals surface area contributed by atoms with E-state index in [1.165, 1.54) is 12.0 Å². The molecule has 0 spiro atoms. The van der Waals surface area contributed by atoms with Crippen molar-refractivity contribution in [3.8, 4) is 5.75 Å². The van der Waals surface area contributed by atoms with Gasteiger partial charge in [0.05, 0.1) is 13.7 Å². The number of hydrogen-bond donors (Lipinski definition) is 2. The summed E-state index contributed by atoms with van der Waals surface area (Å²) < 4.78 is 4.86. The number of phenols is 1. The van der Waals surface area contributed by atoms with Crippen molar-refractivity contribution in [1.29, 1.82) is 5.41 Å². The lowest BCUT2D eigenvalue weighted by atomic mass is 9.78. The molecule has 1 heterocycles. The summed E-state index contributed by atoms with van der Waals surface area (Å²) in [6.45, 7) is 14.9. The van der Waals surface area contributed by atoms with Crippen LogP contribution in [0.2, 0.25) is 0 Å². The molecule has 2 aromatic rings. The summed E-state index contributed by atoms with van der Waals surface area (Å²) in [6.07, 6.45) is -0.458. The molecule has 2 aromatic carbocycles. The maximum Gasteiger partial charge on any atom is 0.413 e. The molecular formula is C28H38BrN3O4. The van der Waals surface area contributed by atoms with Gasteiger partial charge in [0.2, 0.25) is 0 Å². The Bertz CT molecular complexity index is 1140. The SMILES string of the molecule is Br.CCN(C(=O)OC)c1ccc2c(c1)C(=N)N(CC(=O)c1cc(C(C)(C)C)c(O)c(C(C)(C)C)c1)C2. The number of amidine groups is 1. The van der Waals surface area contributed by atoms with Crippen LogP contribution in [0, 0.1) is 5.41 Å². The Labute approximate surface area is 224 Å². The number of nitrogens with zero attached hydrogens (tertiary/aromatic N) is 2. The number of benzene rings is 2. The third-order valence-electron chi connectivity index (χ3n) is 6.43. The van der Waals surface area contributed by atoms with Gasteiger partial charge in [0.15, 0.2) is 5.78 Å². The van der Waals surface area contributed by atoms with Crippen molar-refractivity contribution in [3.63, 3.8) is 0 Å². The second-order valence-corrected chi connectivity index (χ2v) is 11.1. The van der Waals surface area contributed by atoms with Gasteiger partial charge in [-0.15, -0.1) is 17.0 Å². The van der Waals surface area contributed by atoms with Gasteiger partial charge in [0.25, 0.3) is 0 Å². The molecule has 1 amide bonds. The smallest absolute Gasteiger partial charge is 0.413 e. The van der Waals surface area contributed by atoms with Gasteiger partial charge >= 0.3 is 6.09 Å². The Morgan fingerprint density at radius 1 is 1.06 bits per heavy atom. The average molecular weight is 561 g/mol. The van der Waals surface area contributed by atoms with Crippen LogP contribution in [0.25, 0.3) is 0 Å². The van der Waals surface area contributed by atoms with Gasteiger partial charge in [-0.25, -0.2) is 4.79 Å². The predicted molar refractivity (Wildman–Crippen MR) is 149 cm³/mol. The third kappa shape index (κ3) is 5.75. The van der Waals surface area contributed by atoms with E-state index in [1.54, 1.807) is 23.1 Å². The number of anilines is 1. The van der Waals surface area contributed by atoms with Crippen molar-refractivity contribution in [3.05, 3.63) is 58.1 Å². The van der Waals surface area contributed by atoms with Gasteiger partial charge in [-0.3, -0.25) is 15.1 Å². The molecule has 1 aliphatic heterocycles. The maximum absolute atomic E-state index is 13.4. The van der Waals surface area contributed by atoms with Crippen LogP contribution in [0.15, 0.2) is 30.3 Å². The fourth-order valence-corrected chi connectivity index (χ4v) is 4.41. The highest BCUT2D eigenvalue weighted by Crippen LogP contribution is 2.40. The molecule has 2 N–H and O–H groups in total. The van der Waals surface area contributed by atoms with E-state index < -0.39 is 6.09 Å². The minimum absolute atomic E-state index is 0. The summed E-state index contributed by atoms with van der Waals surface area (Å²) in [7, 11) is 1.34. The van der Waals surface area contributed by atoms with Gasteiger partial charge in [-0.05, 0) is 47.6 Å². The highest BCUT2D eigenvalue weighted by Gasteiger charge is 2.31. The van der Waals surface area contributed by atoms with E-state index in [-0.39, 0.29) is 51.7 Å². The second-order valence-electron chi connectivity index (χ2n) is 11.1. The quantitative estimate of drug-likeness (QED) is 0.426. The Balaban J connectivity index is 0.00000456. The summed E-state index contributed by atoms with van der Waals surface area (Å²) in [5.74, 6) is 0.381. The van der Waals surface area contributed by atoms with Crippen molar-refractivity contribution in [1.82, 2.24) is 4.90 Å². The van der Waals surface area contributed by atoms with E-state index in [0.29, 0.717) is 29.9 Å². The van der Waals surface area contributed by atoms with Crippen LogP contribution in [-0.4, -0.2) is 47.9 Å². The number of carbonyl (C=O) groups excluding carboxylic acids is 2. The monoisotopic (exact) mass is 559 g/mol. The molecule has 0 aromatic heterocycles. The fraction of sp³-hybridized carbons (Fsp3) is 0.464. The number of ketones is 1. The summed E-state index contributed by atoms with van der Waals surface area (Å²) >= 11 is 0. The largest absolute Gasteiger partial charge is 0.507 e. The van der Waals surface area contributed by atoms with E-state index in [2.05, 4.69) is 0 Å². The molecule has 196 valence electrons. The summed E-state index contributed by atoms with van der Waals surface area (Å²) in [5.41, 5.74) is 3.62. The fourth-order valence-electron chi connectivity index (χ4n) is 4.41. The van der Waals surface area contributed by atoms with Crippen LogP contribution in [0.3, 0.4) is 0 Å². The van der Waals surface area contributed by atoms with E-state index in [1.807, 2.05) is 60.6 Å². The topological polar surface area (TPSA) is 93.9 Å². The Morgan fingerprint density at radius 2 is 1.61 bits per heavy atom. The van der Waals surface area contributed by atoms with Crippen LogP contribution in [0.5, 0.6) is 5.75 Å². The lowest BCUT2D eigenvalue weighted by Crippen LogP contribution is -2.31. The van der Waals surface area contributed by atoms with Crippen LogP contribution in [-0.2, 0) is 22.1 Å². The molecule has 0 saturated heterocycles. The van der Waals surface area contributed by atoms with Crippen LogP contribution in [0.1, 0.15) is 81.1 Å². The maximum atomic E-state index is 13.4. The summed E-state index contributed by atoms with van der Waals surface area (Å²) in [5, 5.41) is 19.7. The van der Waals surface area contributed by atoms with Crippen LogP contribution >= 0.6 is 17.0 Å². The first-order valence-corrected chi connectivity index (χ1v) is 11.9. The molecule has 1 aliphatic rings. The number of methoxy groups -OCH3 is 1. The lowest BCUT2D eigenvalue weighted by Gasteiger charge is -2.28. The molecule has 0 radical (unpaired) electrons. The number of Topliss-reactive ketones (excluding diaryl/α,β-unsaturated/α-hetero) is 1. The predicted octanol–water partition coefficient (Wildman–Crippen LogP) is 6.18. The lowest BCUT2D eigenvalue weighted by molar-refractivity contribution is 0.0962. The standard InChI is InChI=1S/C28H37N3O4.BrH/c1-9-31(26(34)35-8)19-11-10-17-15-30(25(29)20(17)14-19)16-23(32)18-12-21(27(2,3)4)24(33)22(13-18)28(5,6)7;/h10-14,29,33H,9,15-16H2,1-8H3;1H. The number of fused-ring (bicyclic) bond motifs is 1. The number of nitrogens with one attached hydrogen (secondary N) is 1. The van der Waals surface area contributed by atoms with Gasteiger partial charge < -0.3 is 14.7 Å². The van der Waals surface area contributed by atoms with Crippen molar-refractivity contribution in [2.24, 2.45) is 0 Å². The van der Waals surface area contributed by atoms with Gasteiger partial charge in [-0.2, -0.15) is 0 Å². The summed E-state index contributed by atoms with van der Waals surface area (Å²) in [4.78, 5) is 28.8. The second kappa shape index (κ2) is 10.6. The molecule has 7 nitrogen and oxygen atoms in total. The molecule has 0 bridgehead atoms. The molecule has 8 heteroatoms. The van der Waals surface area contributed by atoms with E-state index in [4.69, 9.17) is 10.1 Å². The average Bonchev–Trinajstić information content (AvgIpc) is 3.07. The highest BCUT2D eigenvalue weighted by molar-refractivity contribution is 8.93. The van der Waals surface area contributed by atoms with Gasteiger partial charge in [0, 0.05) is 41.0 Å². The van der Waals surface area contributed by atoms with Gasteiger partial charge in [-0.1, -0.05) is 47.6 Å². The molecule has 0 unspecified atom stereocenters. The Kier molecular flexibility index (Phi) is 8.67.